The monoisotopic (exact) mass is 136 g/mol. The molecular formula is C10H16. The van der Waals surface area contributed by atoms with Crippen molar-refractivity contribution < 1.29 is 0 Å². The summed E-state index contributed by atoms with van der Waals surface area (Å²) in [4.78, 5) is 0. The predicted molar refractivity (Wildman–Crippen MR) is 46.7 cm³/mol. The Morgan fingerprint density at radius 1 is 1.60 bits per heavy atom. The molecule has 0 radical (unpaired) electrons. The van der Waals surface area contributed by atoms with Crippen LogP contribution in [-0.2, 0) is 0 Å². The molecule has 0 amide bonds. The number of hydrogen-bond donors (Lipinski definition) is 0. The lowest BCUT2D eigenvalue weighted by molar-refractivity contribution is 0.550. The average molecular weight is 136 g/mol. The van der Waals surface area contributed by atoms with Crippen LogP contribution in [0.2, 0.25) is 0 Å². The Kier molecular flexibility index (Phi) is 5.97. The highest BCUT2D eigenvalue weighted by Crippen LogP contribution is 2.09. The molecule has 0 aromatic rings. The third-order valence-corrected chi connectivity index (χ3v) is 1.56. The Labute approximate surface area is 64.3 Å². The first-order valence-electron chi connectivity index (χ1n) is 3.86. The molecule has 0 nitrogen and oxygen atoms in total. The summed E-state index contributed by atoms with van der Waals surface area (Å²) >= 11 is 0. The summed E-state index contributed by atoms with van der Waals surface area (Å²) in [5.41, 5.74) is 0. The van der Waals surface area contributed by atoms with Crippen LogP contribution in [0.3, 0.4) is 0 Å². The smallest absolute Gasteiger partial charge is 0.00887 e. The summed E-state index contributed by atoms with van der Waals surface area (Å²) in [5.74, 6) is 3.39. The zero-order valence-electron chi connectivity index (χ0n) is 6.93. The molecular weight excluding hydrogens is 120 g/mol. The maximum atomic E-state index is 5.14. The number of rotatable bonds is 4. The molecule has 0 aromatic carbocycles. The van der Waals surface area contributed by atoms with Gasteiger partial charge in [-0.1, -0.05) is 19.1 Å². The Bertz CT molecular complexity index is 125. The maximum Gasteiger partial charge on any atom is 0.00887 e. The fourth-order valence-electron chi connectivity index (χ4n) is 0.816. The SMILES string of the molecule is C#CCCC(C)CC=CC. The number of hydrogen-bond acceptors (Lipinski definition) is 0. The highest BCUT2D eigenvalue weighted by atomic mass is 14.0. The van der Waals surface area contributed by atoms with E-state index in [1.165, 1.54) is 0 Å². The average Bonchev–Trinajstić information content (AvgIpc) is 1.97. The largest absolute Gasteiger partial charge is 0.120 e. The normalized spacial score (nSPS) is 13.3. The molecule has 1 atom stereocenters. The van der Waals surface area contributed by atoms with Crippen molar-refractivity contribution in [2.75, 3.05) is 0 Å². The van der Waals surface area contributed by atoms with Gasteiger partial charge in [-0.25, -0.2) is 0 Å². The molecule has 0 rings (SSSR count). The van der Waals surface area contributed by atoms with Gasteiger partial charge in [0.1, 0.15) is 0 Å². The molecule has 0 bridgehead atoms. The van der Waals surface area contributed by atoms with Gasteiger partial charge < -0.3 is 0 Å². The Morgan fingerprint density at radius 2 is 2.30 bits per heavy atom. The topological polar surface area (TPSA) is 0 Å². The number of allylic oxidation sites excluding steroid dienone is 2. The predicted octanol–water partition coefficient (Wildman–Crippen LogP) is 3.00. The van der Waals surface area contributed by atoms with Crippen LogP contribution in [0.1, 0.15) is 33.1 Å². The van der Waals surface area contributed by atoms with E-state index in [0.29, 0.717) is 0 Å². The summed E-state index contributed by atoms with van der Waals surface area (Å²) in [7, 11) is 0. The molecule has 0 heterocycles. The fraction of sp³-hybridized carbons (Fsp3) is 0.600. The van der Waals surface area contributed by atoms with Crippen molar-refractivity contribution in [1.82, 2.24) is 0 Å². The summed E-state index contributed by atoms with van der Waals surface area (Å²) in [6, 6.07) is 0. The Balaban J connectivity index is 3.26. The van der Waals surface area contributed by atoms with Gasteiger partial charge in [-0.2, -0.15) is 0 Å². The first-order chi connectivity index (χ1) is 4.81. The van der Waals surface area contributed by atoms with E-state index >= 15 is 0 Å². The van der Waals surface area contributed by atoms with Crippen LogP contribution in [0.4, 0.5) is 0 Å². The van der Waals surface area contributed by atoms with E-state index < -0.39 is 0 Å². The molecule has 0 aliphatic rings. The standard InChI is InChI=1S/C10H16/c1-4-6-8-10(3)9-7-5-2/h1,5,7,10H,6,8-9H2,2-3H3. The second kappa shape index (κ2) is 6.42. The molecule has 0 aliphatic carbocycles. The minimum Gasteiger partial charge on any atom is -0.120 e. The summed E-state index contributed by atoms with van der Waals surface area (Å²) < 4.78 is 0. The zero-order chi connectivity index (χ0) is 7.82. The van der Waals surface area contributed by atoms with Crippen LogP contribution in [0.25, 0.3) is 0 Å². The molecule has 1 unspecified atom stereocenters. The highest BCUT2D eigenvalue weighted by molar-refractivity contribution is 4.85. The van der Waals surface area contributed by atoms with E-state index in [0.717, 1.165) is 25.2 Å². The quantitative estimate of drug-likeness (QED) is 0.411. The van der Waals surface area contributed by atoms with Gasteiger partial charge in [0.25, 0.3) is 0 Å². The van der Waals surface area contributed by atoms with Crippen LogP contribution >= 0.6 is 0 Å². The van der Waals surface area contributed by atoms with Crippen molar-refractivity contribution in [1.29, 1.82) is 0 Å². The van der Waals surface area contributed by atoms with Gasteiger partial charge in [-0.05, 0) is 25.7 Å². The fourth-order valence-corrected chi connectivity index (χ4v) is 0.816. The molecule has 10 heavy (non-hydrogen) atoms. The van der Waals surface area contributed by atoms with Crippen molar-refractivity contribution in [3.63, 3.8) is 0 Å². The van der Waals surface area contributed by atoms with Crippen molar-refractivity contribution in [2.45, 2.75) is 33.1 Å². The summed E-state index contributed by atoms with van der Waals surface area (Å²) in [6.07, 6.45) is 12.7. The van der Waals surface area contributed by atoms with Crippen molar-refractivity contribution >= 4 is 0 Å². The maximum absolute atomic E-state index is 5.14. The highest BCUT2D eigenvalue weighted by Gasteiger charge is 1.95. The van der Waals surface area contributed by atoms with Crippen LogP contribution in [0.5, 0.6) is 0 Å². The summed E-state index contributed by atoms with van der Waals surface area (Å²) in [6.45, 7) is 4.28. The van der Waals surface area contributed by atoms with E-state index in [-0.39, 0.29) is 0 Å². The first-order valence-corrected chi connectivity index (χ1v) is 3.86. The van der Waals surface area contributed by atoms with Crippen LogP contribution < -0.4 is 0 Å². The molecule has 56 valence electrons. The molecule has 0 aromatic heterocycles. The molecule has 0 saturated carbocycles. The Morgan fingerprint density at radius 3 is 2.80 bits per heavy atom. The molecule has 0 fully saturated rings. The van der Waals surface area contributed by atoms with Crippen molar-refractivity contribution in [3.05, 3.63) is 12.2 Å². The molecule has 0 saturated heterocycles. The van der Waals surface area contributed by atoms with Crippen LogP contribution in [-0.4, -0.2) is 0 Å². The first kappa shape index (κ1) is 9.30. The summed E-state index contributed by atoms with van der Waals surface area (Å²) in [5, 5.41) is 0. The van der Waals surface area contributed by atoms with E-state index in [2.05, 4.69) is 25.0 Å². The van der Waals surface area contributed by atoms with Gasteiger partial charge in [-0.3, -0.25) is 0 Å². The van der Waals surface area contributed by atoms with Gasteiger partial charge in [0.15, 0.2) is 0 Å². The molecule has 0 spiro atoms. The van der Waals surface area contributed by atoms with Gasteiger partial charge in [0, 0.05) is 6.42 Å². The van der Waals surface area contributed by atoms with E-state index in [1.807, 2.05) is 6.92 Å². The van der Waals surface area contributed by atoms with Crippen LogP contribution in [0, 0.1) is 18.3 Å². The second-order valence-corrected chi connectivity index (χ2v) is 2.65. The van der Waals surface area contributed by atoms with Gasteiger partial charge in [0.05, 0.1) is 0 Å². The number of terminal acetylenes is 1. The van der Waals surface area contributed by atoms with Gasteiger partial charge in [-0.15, -0.1) is 12.3 Å². The lowest BCUT2D eigenvalue weighted by Gasteiger charge is -2.03. The van der Waals surface area contributed by atoms with Gasteiger partial charge in [0.2, 0.25) is 0 Å². The minimum atomic E-state index is 0.743. The Hall–Kier alpha value is -0.700. The molecule has 0 aliphatic heterocycles. The van der Waals surface area contributed by atoms with E-state index in [9.17, 15) is 0 Å². The lowest BCUT2D eigenvalue weighted by Crippen LogP contribution is -1.90. The minimum absolute atomic E-state index is 0.743. The third-order valence-electron chi connectivity index (χ3n) is 1.56. The molecule has 0 heteroatoms. The third kappa shape index (κ3) is 5.44. The lowest BCUT2D eigenvalue weighted by atomic mass is 10.0. The zero-order valence-corrected chi connectivity index (χ0v) is 6.93. The molecule has 0 N–H and O–H groups in total. The van der Waals surface area contributed by atoms with Crippen molar-refractivity contribution in [3.8, 4) is 12.3 Å². The van der Waals surface area contributed by atoms with E-state index in [1.54, 1.807) is 0 Å². The van der Waals surface area contributed by atoms with Crippen molar-refractivity contribution in [2.24, 2.45) is 5.92 Å². The van der Waals surface area contributed by atoms with Gasteiger partial charge >= 0.3 is 0 Å². The van der Waals surface area contributed by atoms with E-state index in [4.69, 9.17) is 6.42 Å². The van der Waals surface area contributed by atoms with Crippen LogP contribution in [0.15, 0.2) is 12.2 Å². The second-order valence-electron chi connectivity index (χ2n) is 2.65.